The normalized spacial score (nSPS) is 15.9. The summed E-state index contributed by atoms with van der Waals surface area (Å²) < 4.78 is 37.7. The van der Waals surface area contributed by atoms with Gasteiger partial charge in [0.2, 0.25) is 10.0 Å². The third-order valence-corrected chi connectivity index (χ3v) is 7.07. The Bertz CT molecular complexity index is 1090. The fourth-order valence-electron chi connectivity index (χ4n) is 3.36. The molecule has 8 nitrogen and oxygen atoms in total. The molecule has 2 heterocycles. The van der Waals surface area contributed by atoms with Crippen LogP contribution in [0, 0.1) is 6.92 Å². The first-order chi connectivity index (χ1) is 14.5. The second-order valence-electron chi connectivity index (χ2n) is 7.24. The van der Waals surface area contributed by atoms with E-state index >= 15 is 0 Å². The molecule has 1 aliphatic heterocycles. The third kappa shape index (κ3) is 4.38. The molecule has 0 unspecified atom stereocenters. The molecule has 0 N–H and O–H groups in total. The van der Waals surface area contributed by atoms with Crippen LogP contribution in [0.15, 0.2) is 57.9 Å². The summed E-state index contributed by atoms with van der Waals surface area (Å²) >= 11 is 0. The van der Waals surface area contributed by atoms with Crippen LogP contribution < -0.4 is 4.74 Å². The number of sulfonamides is 1. The van der Waals surface area contributed by atoms with Crippen LogP contribution in [0.1, 0.15) is 11.4 Å². The van der Waals surface area contributed by atoms with Crippen molar-refractivity contribution in [1.82, 2.24) is 19.3 Å². The Morgan fingerprint density at radius 3 is 2.30 bits per heavy atom. The summed E-state index contributed by atoms with van der Waals surface area (Å²) in [7, 11) is -1.97. The maximum Gasteiger partial charge on any atom is 0.257 e. The maximum absolute atomic E-state index is 12.9. The minimum atomic E-state index is -3.52. The number of aromatic nitrogens is 2. The highest BCUT2D eigenvalue weighted by Crippen LogP contribution is 2.22. The molecule has 2 aromatic carbocycles. The highest BCUT2D eigenvalue weighted by Gasteiger charge is 2.29. The molecule has 0 radical (unpaired) electrons. The van der Waals surface area contributed by atoms with Crippen molar-refractivity contribution in [1.29, 1.82) is 0 Å². The summed E-state index contributed by atoms with van der Waals surface area (Å²) in [4.78, 5) is 6.88. The number of nitrogens with zero attached hydrogens (tertiary/aromatic N) is 4. The molecule has 0 aliphatic carbocycles. The van der Waals surface area contributed by atoms with E-state index in [0.717, 1.165) is 5.56 Å². The summed E-state index contributed by atoms with van der Waals surface area (Å²) in [6.45, 7) is 4.57. The van der Waals surface area contributed by atoms with Crippen molar-refractivity contribution in [3.63, 3.8) is 0 Å². The van der Waals surface area contributed by atoms with E-state index in [0.29, 0.717) is 50.2 Å². The van der Waals surface area contributed by atoms with Crippen LogP contribution in [0.4, 0.5) is 0 Å². The van der Waals surface area contributed by atoms with Crippen LogP contribution in [0.3, 0.4) is 0 Å². The largest absolute Gasteiger partial charge is 0.497 e. The minimum absolute atomic E-state index is 0.276. The predicted molar refractivity (Wildman–Crippen MR) is 112 cm³/mol. The molecule has 9 heteroatoms. The molecule has 1 saturated heterocycles. The lowest BCUT2D eigenvalue weighted by molar-refractivity contribution is 0.176. The summed E-state index contributed by atoms with van der Waals surface area (Å²) in [6, 6.07) is 14.4. The highest BCUT2D eigenvalue weighted by atomic mass is 32.2. The first-order valence-electron chi connectivity index (χ1n) is 9.72. The zero-order valence-electron chi connectivity index (χ0n) is 17.0. The van der Waals surface area contributed by atoms with Crippen LogP contribution in [-0.4, -0.2) is 61.1 Å². The Balaban J connectivity index is 1.36. The van der Waals surface area contributed by atoms with Crippen molar-refractivity contribution in [2.45, 2.75) is 18.4 Å². The molecule has 158 valence electrons. The van der Waals surface area contributed by atoms with E-state index in [4.69, 9.17) is 9.26 Å². The van der Waals surface area contributed by atoms with Gasteiger partial charge in [-0.15, -0.1) is 0 Å². The van der Waals surface area contributed by atoms with Gasteiger partial charge in [-0.25, -0.2) is 8.42 Å². The smallest absolute Gasteiger partial charge is 0.257 e. The average Bonchev–Trinajstić information content (AvgIpc) is 3.23. The minimum Gasteiger partial charge on any atom is -0.497 e. The van der Waals surface area contributed by atoms with Crippen molar-refractivity contribution in [2.75, 3.05) is 33.3 Å². The SMILES string of the molecule is COc1ccc(S(=O)(=O)N2CCN(Cc3noc(-c4ccc(C)cc4)n3)CC2)cc1. The third-order valence-electron chi connectivity index (χ3n) is 5.16. The second-order valence-corrected chi connectivity index (χ2v) is 9.18. The van der Waals surface area contributed by atoms with Gasteiger partial charge in [0.05, 0.1) is 18.6 Å². The van der Waals surface area contributed by atoms with Crippen molar-refractivity contribution < 1.29 is 17.7 Å². The molecule has 0 amide bonds. The molecule has 4 rings (SSSR count). The van der Waals surface area contributed by atoms with Gasteiger partial charge in [-0.2, -0.15) is 9.29 Å². The van der Waals surface area contributed by atoms with E-state index in [2.05, 4.69) is 15.0 Å². The van der Waals surface area contributed by atoms with Crippen molar-refractivity contribution in [2.24, 2.45) is 0 Å². The summed E-state index contributed by atoms with van der Waals surface area (Å²) in [6.07, 6.45) is 0. The molecule has 0 spiro atoms. The number of hydrogen-bond acceptors (Lipinski definition) is 7. The first kappa shape index (κ1) is 20.5. The first-order valence-corrected chi connectivity index (χ1v) is 11.2. The van der Waals surface area contributed by atoms with Crippen LogP contribution in [0.2, 0.25) is 0 Å². The Hall–Kier alpha value is -2.75. The number of aryl methyl sites for hydroxylation is 1. The van der Waals surface area contributed by atoms with Crippen LogP contribution in [0.25, 0.3) is 11.5 Å². The topological polar surface area (TPSA) is 88.8 Å². The molecule has 1 aromatic heterocycles. The van der Waals surface area contributed by atoms with E-state index in [1.54, 1.807) is 31.4 Å². The molecule has 1 fully saturated rings. The molecular formula is C21H24N4O4S. The van der Waals surface area contributed by atoms with Gasteiger partial charge in [0.25, 0.3) is 5.89 Å². The highest BCUT2D eigenvalue weighted by molar-refractivity contribution is 7.89. The van der Waals surface area contributed by atoms with Gasteiger partial charge in [-0.3, -0.25) is 4.90 Å². The van der Waals surface area contributed by atoms with Gasteiger partial charge < -0.3 is 9.26 Å². The van der Waals surface area contributed by atoms with Gasteiger partial charge in [-0.05, 0) is 43.3 Å². The number of rotatable bonds is 6. The van der Waals surface area contributed by atoms with Crippen molar-refractivity contribution in [3.05, 3.63) is 59.9 Å². The molecule has 3 aromatic rings. The summed E-state index contributed by atoms with van der Waals surface area (Å²) in [5.41, 5.74) is 2.05. The summed E-state index contributed by atoms with van der Waals surface area (Å²) in [5, 5.41) is 4.07. The van der Waals surface area contributed by atoms with E-state index in [9.17, 15) is 8.42 Å². The average molecular weight is 429 g/mol. The lowest BCUT2D eigenvalue weighted by Crippen LogP contribution is -2.48. The van der Waals surface area contributed by atoms with Crippen LogP contribution in [0.5, 0.6) is 5.75 Å². The molecular weight excluding hydrogens is 404 g/mol. The Labute approximate surface area is 176 Å². The molecule has 0 atom stereocenters. The monoisotopic (exact) mass is 428 g/mol. The molecule has 0 saturated carbocycles. The van der Waals surface area contributed by atoms with Gasteiger partial charge in [0.1, 0.15) is 5.75 Å². The van der Waals surface area contributed by atoms with Crippen LogP contribution in [-0.2, 0) is 16.6 Å². The quantitative estimate of drug-likeness (QED) is 0.596. The zero-order chi connectivity index (χ0) is 21.1. The van der Waals surface area contributed by atoms with E-state index < -0.39 is 10.0 Å². The maximum atomic E-state index is 12.9. The molecule has 0 bridgehead atoms. The lowest BCUT2D eigenvalue weighted by atomic mass is 10.1. The molecule has 30 heavy (non-hydrogen) atoms. The fourth-order valence-corrected chi connectivity index (χ4v) is 4.78. The lowest BCUT2D eigenvalue weighted by Gasteiger charge is -2.33. The van der Waals surface area contributed by atoms with E-state index in [1.807, 2.05) is 31.2 Å². The van der Waals surface area contributed by atoms with E-state index in [-0.39, 0.29) is 4.90 Å². The standard InChI is InChI=1S/C21H24N4O4S/c1-16-3-5-17(6-4-16)21-22-20(23-29-21)15-24-11-13-25(14-12-24)30(26,27)19-9-7-18(28-2)8-10-19/h3-10H,11-15H2,1-2H3. The van der Waals surface area contributed by atoms with Gasteiger partial charge >= 0.3 is 0 Å². The number of methoxy groups -OCH3 is 1. The van der Waals surface area contributed by atoms with Crippen LogP contribution >= 0.6 is 0 Å². The zero-order valence-corrected chi connectivity index (χ0v) is 17.8. The Kier molecular flexibility index (Phi) is 5.85. The van der Waals surface area contributed by atoms with Gasteiger partial charge in [0.15, 0.2) is 5.82 Å². The van der Waals surface area contributed by atoms with Gasteiger partial charge in [-0.1, -0.05) is 22.9 Å². The second kappa shape index (κ2) is 8.55. The number of hydrogen-bond donors (Lipinski definition) is 0. The fraction of sp³-hybridized carbons (Fsp3) is 0.333. The van der Waals surface area contributed by atoms with Crippen molar-refractivity contribution >= 4 is 10.0 Å². The predicted octanol–water partition coefficient (Wildman–Crippen LogP) is 2.56. The molecule has 1 aliphatic rings. The van der Waals surface area contributed by atoms with E-state index in [1.165, 1.54) is 9.87 Å². The Morgan fingerprint density at radius 2 is 1.67 bits per heavy atom. The van der Waals surface area contributed by atoms with Crippen molar-refractivity contribution in [3.8, 4) is 17.2 Å². The number of ether oxygens (including phenoxy) is 1. The number of benzene rings is 2. The van der Waals surface area contributed by atoms with Gasteiger partial charge in [0, 0.05) is 31.7 Å². The Morgan fingerprint density at radius 1 is 1.00 bits per heavy atom. The summed E-state index contributed by atoms with van der Waals surface area (Å²) in [5.74, 6) is 1.71. The number of piperazine rings is 1.